The zero-order chi connectivity index (χ0) is 41.5. The fourth-order valence-electron chi connectivity index (χ4n) is 10.9. The fourth-order valence-corrected chi connectivity index (χ4v) is 10.9. The van der Waals surface area contributed by atoms with Crippen LogP contribution in [0.15, 0.2) is 243 Å². The highest BCUT2D eigenvalue weighted by Crippen LogP contribution is 2.56. The molecule has 2 heterocycles. The van der Waals surface area contributed by atoms with Crippen LogP contribution in [0.1, 0.15) is 22.3 Å². The molecule has 0 unspecified atom stereocenters. The molecule has 0 aliphatic heterocycles. The summed E-state index contributed by atoms with van der Waals surface area (Å²) in [6.07, 6.45) is 0. The van der Waals surface area contributed by atoms with Crippen LogP contribution in [0.3, 0.4) is 0 Å². The Morgan fingerprint density at radius 3 is 1.40 bits per heavy atom. The van der Waals surface area contributed by atoms with Crippen LogP contribution in [-0.2, 0) is 5.41 Å². The van der Waals surface area contributed by atoms with Crippen LogP contribution in [0.25, 0.3) is 88.4 Å². The average Bonchev–Trinajstić information content (AvgIpc) is 3.98. The van der Waals surface area contributed by atoms with Crippen molar-refractivity contribution in [1.82, 2.24) is 9.13 Å². The van der Waals surface area contributed by atoms with Crippen molar-refractivity contribution in [3.8, 4) is 44.8 Å². The Kier molecular flexibility index (Phi) is 7.85. The van der Waals surface area contributed by atoms with Gasteiger partial charge in [0.15, 0.2) is 0 Å². The van der Waals surface area contributed by atoms with Gasteiger partial charge in [0, 0.05) is 32.9 Å². The Labute approximate surface area is 366 Å². The Balaban J connectivity index is 1.03. The zero-order valence-corrected chi connectivity index (χ0v) is 34.5. The minimum Gasteiger partial charge on any atom is -0.309 e. The predicted molar refractivity (Wildman–Crippen MR) is 263 cm³/mol. The molecule has 13 rings (SSSR count). The lowest BCUT2D eigenvalue weighted by Crippen LogP contribution is -2.28. The average molecular weight is 801 g/mol. The van der Waals surface area contributed by atoms with Crippen molar-refractivity contribution in [2.45, 2.75) is 5.41 Å². The molecule has 0 saturated heterocycles. The monoisotopic (exact) mass is 800 g/mol. The first-order valence-electron chi connectivity index (χ1n) is 21.8. The summed E-state index contributed by atoms with van der Waals surface area (Å²) < 4.78 is 4.85. The van der Waals surface area contributed by atoms with Crippen molar-refractivity contribution in [2.24, 2.45) is 0 Å². The maximum absolute atomic E-state index is 2.49. The first-order valence-corrected chi connectivity index (χ1v) is 21.8. The van der Waals surface area contributed by atoms with Gasteiger partial charge < -0.3 is 9.13 Å². The standard InChI is InChI=1S/C61H40N2/c1-4-17-41(18-5-1)42-19-16-24-48(37-42)63-57-30-15-12-27-51(57)52-38-43(31-34-58(52)63)44-32-35-59-53(39-44)54-40-46(33-36-60(54)62(59)47-22-8-3-9-23-47)61(45-20-6-2-7-21-45)55-28-13-10-25-49(55)50-26-11-14-29-56(50)61/h1-40H. The number of para-hydroxylation sites is 2. The molecule has 0 fully saturated rings. The number of benzene rings is 10. The highest BCUT2D eigenvalue weighted by atomic mass is 15.0. The molecule has 294 valence electrons. The summed E-state index contributed by atoms with van der Waals surface area (Å²) in [5.41, 5.74) is 19.2. The molecule has 0 radical (unpaired) electrons. The van der Waals surface area contributed by atoms with Gasteiger partial charge in [-0.1, -0.05) is 176 Å². The van der Waals surface area contributed by atoms with Gasteiger partial charge in [0.2, 0.25) is 0 Å². The molecule has 0 saturated carbocycles. The molecule has 2 nitrogen and oxygen atoms in total. The van der Waals surface area contributed by atoms with Crippen molar-refractivity contribution in [3.05, 3.63) is 265 Å². The topological polar surface area (TPSA) is 9.86 Å². The minimum absolute atomic E-state index is 0.485. The summed E-state index contributed by atoms with van der Waals surface area (Å²) in [5.74, 6) is 0. The number of rotatable bonds is 6. The van der Waals surface area contributed by atoms with Crippen molar-refractivity contribution in [1.29, 1.82) is 0 Å². The van der Waals surface area contributed by atoms with Crippen LogP contribution in [0.5, 0.6) is 0 Å². The SMILES string of the molecule is c1ccc(-c2cccc(-n3c4ccccc4c4cc(-c5ccc6c(c5)c5cc(C7(c8ccccc8)c8ccccc8-c8ccccc87)ccc5n6-c5ccccc5)ccc43)c2)cc1. The van der Waals surface area contributed by atoms with Gasteiger partial charge in [-0.15, -0.1) is 0 Å². The van der Waals surface area contributed by atoms with Crippen molar-refractivity contribution in [3.63, 3.8) is 0 Å². The van der Waals surface area contributed by atoms with Gasteiger partial charge in [0.1, 0.15) is 0 Å². The summed E-state index contributed by atoms with van der Waals surface area (Å²) >= 11 is 0. The van der Waals surface area contributed by atoms with Crippen LogP contribution in [-0.4, -0.2) is 9.13 Å². The van der Waals surface area contributed by atoms with Gasteiger partial charge in [0.05, 0.1) is 27.5 Å². The Morgan fingerprint density at radius 1 is 0.254 bits per heavy atom. The van der Waals surface area contributed by atoms with Crippen LogP contribution in [0, 0.1) is 0 Å². The molecule has 0 bridgehead atoms. The van der Waals surface area contributed by atoms with Crippen molar-refractivity contribution in [2.75, 3.05) is 0 Å². The molecule has 12 aromatic rings. The van der Waals surface area contributed by atoms with Crippen molar-refractivity contribution >= 4 is 43.6 Å². The Morgan fingerprint density at radius 2 is 0.714 bits per heavy atom. The number of nitrogens with zero attached hydrogens (tertiary/aromatic N) is 2. The van der Waals surface area contributed by atoms with Crippen LogP contribution >= 0.6 is 0 Å². The van der Waals surface area contributed by atoms with E-state index in [9.17, 15) is 0 Å². The second kappa shape index (κ2) is 13.9. The van der Waals surface area contributed by atoms with Gasteiger partial charge in [-0.25, -0.2) is 0 Å². The molecule has 1 aliphatic carbocycles. The lowest BCUT2D eigenvalue weighted by atomic mass is 9.67. The van der Waals surface area contributed by atoms with E-state index in [0.29, 0.717) is 0 Å². The fraction of sp³-hybridized carbons (Fsp3) is 0.0164. The van der Waals surface area contributed by atoms with E-state index < -0.39 is 5.41 Å². The maximum atomic E-state index is 2.49. The molecule has 2 aromatic heterocycles. The van der Waals surface area contributed by atoms with E-state index in [2.05, 4.69) is 252 Å². The Hall–Kier alpha value is -8.20. The number of fused-ring (bicyclic) bond motifs is 9. The van der Waals surface area contributed by atoms with Gasteiger partial charge >= 0.3 is 0 Å². The lowest BCUT2D eigenvalue weighted by Gasteiger charge is -2.34. The highest BCUT2D eigenvalue weighted by Gasteiger charge is 2.46. The number of aromatic nitrogens is 2. The third kappa shape index (κ3) is 5.25. The van der Waals surface area contributed by atoms with E-state index in [-0.39, 0.29) is 0 Å². The van der Waals surface area contributed by atoms with E-state index >= 15 is 0 Å². The molecule has 0 N–H and O–H groups in total. The van der Waals surface area contributed by atoms with Gasteiger partial charge in [-0.3, -0.25) is 0 Å². The van der Waals surface area contributed by atoms with Gasteiger partial charge in [-0.2, -0.15) is 0 Å². The molecule has 0 amide bonds. The third-order valence-electron chi connectivity index (χ3n) is 13.6. The van der Waals surface area contributed by atoms with Crippen molar-refractivity contribution < 1.29 is 0 Å². The van der Waals surface area contributed by atoms with E-state index in [1.807, 2.05) is 0 Å². The first-order chi connectivity index (χ1) is 31.3. The summed E-state index contributed by atoms with van der Waals surface area (Å²) in [4.78, 5) is 0. The maximum Gasteiger partial charge on any atom is 0.0713 e. The lowest BCUT2D eigenvalue weighted by molar-refractivity contribution is 0.770. The van der Waals surface area contributed by atoms with E-state index in [1.54, 1.807) is 0 Å². The third-order valence-corrected chi connectivity index (χ3v) is 13.6. The largest absolute Gasteiger partial charge is 0.309 e. The molecule has 1 aliphatic rings. The normalized spacial score (nSPS) is 12.9. The molecule has 0 atom stereocenters. The quantitative estimate of drug-likeness (QED) is 0.159. The second-order valence-corrected chi connectivity index (χ2v) is 16.8. The smallest absolute Gasteiger partial charge is 0.0713 e. The van der Waals surface area contributed by atoms with E-state index in [4.69, 9.17) is 0 Å². The molecule has 0 spiro atoms. The Bertz CT molecular complexity index is 3680. The summed E-state index contributed by atoms with van der Waals surface area (Å²) in [6.45, 7) is 0. The van der Waals surface area contributed by atoms with Crippen LogP contribution in [0.4, 0.5) is 0 Å². The minimum atomic E-state index is -0.485. The summed E-state index contributed by atoms with van der Waals surface area (Å²) in [5, 5.41) is 4.96. The van der Waals surface area contributed by atoms with E-state index in [0.717, 1.165) is 11.4 Å². The predicted octanol–water partition coefficient (Wildman–Crippen LogP) is 15.6. The summed E-state index contributed by atoms with van der Waals surface area (Å²) in [6, 6.07) is 89.6. The number of hydrogen-bond donors (Lipinski definition) is 0. The van der Waals surface area contributed by atoms with Crippen LogP contribution in [0.2, 0.25) is 0 Å². The molecular formula is C61H40N2. The van der Waals surface area contributed by atoms with Gasteiger partial charge in [-0.05, 0) is 122 Å². The number of hydrogen-bond acceptors (Lipinski definition) is 0. The molecular weight excluding hydrogens is 761 g/mol. The van der Waals surface area contributed by atoms with Gasteiger partial charge in [0.25, 0.3) is 0 Å². The highest BCUT2D eigenvalue weighted by molar-refractivity contribution is 6.13. The second-order valence-electron chi connectivity index (χ2n) is 16.8. The summed E-state index contributed by atoms with van der Waals surface area (Å²) in [7, 11) is 0. The first kappa shape index (κ1) is 35.5. The molecule has 10 aromatic carbocycles. The molecule has 2 heteroatoms. The molecule has 63 heavy (non-hydrogen) atoms. The van der Waals surface area contributed by atoms with E-state index in [1.165, 1.54) is 99.2 Å². The van der Waals surface area contributed by atoms with Crippen LogP contribution < -0.4 is 0 Å². The zero-order valence-electron chi connectivity index (χ0n) is 34.5.